The zero-order chi connectivity index (χ0) is 18.1. The summed E-state index contributed by atoms with van der Waals surface area (Å²) in [6.07, 6.45) is 2.72. The Kier molecular flexibility index (Phi) is 4.70. The van der Waals surface area contributed by atoms with Gasteiger partial charge in [-0.2, -0.15) is 5.10 Å². The molecule has 2 atom stereocenters. The number of carbonyl (C=O) groups excluding carboxylic acids is 1. The van der Waals surface area contributed by atoms with E-state index in [1.807, 2.05) is 60.8 Å². The maximum atomic E-state index is 12.4. The zero-order valence-electron chi connectivity index (χ0n) is 13.9. The minimum atomic E-state index is -0.00223. The van der Waals surface area contributed by atoms with Crippen molar-refractivity contribution < 1.29 is 4.79 Å². The Bertz CT molecular complexity index is 919. The van der Waals surface area contributed by atoms with Crippen molar-refractivity contribution in [2.75, 3.05) is 5.32 Å². The van der Waals surface area contributed by atoms with Crippen molar-refractivity contribution in [2.45, 2.75) is 18.9 Å². The van der Waals surface area contributed by atoms with Crippen LogP contribution in [-0.2, 0) is 11.3 Å². The molecule has 0 aliphatic heterocycles. The molecule has 6 heteroatoms. The van der Waals surface area contributed by atoms with E-state index < -0.39 is 0 Å². The lowest BCUT2D eigenvalue weighted by Crippen LogP contribution is -2.15. The van der Waals surface area contributed by atoms with Gasteiger partial charge in [-0.3, -0.25) is 9.48 Å². The second kappa shape index (κ2) is 7.14. The number of amides is 1. The third kappa shape index (κ3) is 3.92. The molecule has 1 aliphatic carbocycles. The highest BCUT2D eigenvalue weighted by molar-refractivity contribution is 6.30. The molecule has 1 aromatic heterocycles. The first-order valence-corrected chi connectivity index (χ1v) is 9.18. The predicted molar refractivity (Wildman–Crippen MR) is 104 cm³/mol. The number of rotatable bonds is 5. The number of nitrogens with zero attached hydrogens (tertiary/aromatic N) is 2. The molecule has 1 N–H and O–H groups in total. The van der Waals surface area contributed by atoms with E-state index in [0.29, 0.717) is 22.4 Å². The summed E-state index contributed by atoms with van der Waals surface area (Å²) >= 11 is 11.8. The maximum absolute atomic E-state index is 12.4. The molecule has 2 aromatic carbocycles. The van der Waals surface area contributed by atoms with Gasteiger partial charge in [0.05, 0.1) is 6.54 Å². The Balaban J connectivity index is 1.35. The largest absolute Gasteiger partial charge is 0.309 e. The SMILES string of the molecule is O=C(Nc1ccn(Cc2ccc(Cl)cc2)n1)C1CC1c1ccc(Cl)cc1. The summed E-state index contributed by atoms with van der Waals surface area (Å²) in [5, 5.41) is 8.75. The number of carbonyl (C=O) groups is 1. The average Bonchev–Trinajstić information content (AvgIpc) is 3.32. The van der Waals surface area contributed by atoms with E-state index in [1.54, 1.807) is 4.68 Å². The summed E-state index contributed by atoms with van der Waals surface area (Å²) < 4.78 is 1.79. The van der Waals surface area contributed by atoms with Gasteiger partial charge in [0, 0.05) is 28.2 Å². The van der Waals surface area contributed by atoms with Crippen molar-refractivity contribution in [1.82, 2.24) is 9.78 Å². The third-order valence-electron chi connectivity index (χ3n) is 4.58. The number of anilines is 1. The van der Waals surface area contributed by atoms with Gasteiger partial charge in [0.15, 0.2) is 5.82 Å². The van der Waals surface area contributed by atoms with Gasteiger partial charge in [0.2, 0.25) is 5.91 Å². The molecular formula is C20H17Cl2N3O. The van der Waals surface area contributed by atoms with Crippen molar-refractivity contribution >= 4 is 34.9 Å². The van der Waals surface area contributed by atoms with Gasteiger partial charge in [0.25, 0.3) is 0 Å². The average molecular weight is 386 g/mol. The summed E-state index contributed by atoms with van der Waals surface area (Å²) in [5.41, 5.74) is 2.25. The lowest BCUT2D eigenvalue weighted by atomic mass is 10.1. The minimum absolute atomic E-state index is 0.00223. The maximum Gasteiger partial charge on any atom is 0.229 e. The number of nitrogens with one attached hydrogen (secondary N) is 1. The number of hydrogen-bond acceptors (Lipinski definition) is 2. The first-order chi connectivity index (χ1) is 12.6. The molecule has 4 nitrogen and oxygen atoms in total. The van der Waals surface area contributed by atoms with Gasteiger partial charge in [-0.1, -0.05) is 47.5 Å². The van der Waals surface area contributed by atoms with Crippen molar-refractivity contribution in [3.05, 3.63) is 82.0 Å². The minimum Gasteiger partial charge on any atom is -0.309 e. The van der Waals surface area contributed by atoms with Crippen LogP contribution in [0.1, 0.15) is 23.5 Å². The monoisotopic (exact) mass is 385 g/mol. The van der Waals surface area contributed by atoms with Crippen LogP contribution in [-0.4, -0.2) is 15.7 Å². The van der Waals surface area contributed by atoms with Gasteiger partial charge >= 0.3 is 0 Å². The Hall–Kier alpha value is -2.30. The summed E-state index contributed by atoms with van der Waals surface area (Å²) in [6, 6.07) is 17.1. The molecule has 132 valence electrons. The standard InChI is InChI=1S/C20H17Cl2N3O/c21-15-5-1-13(2-6-15)12-25-10-9-19(24-25)23-20(26)18-11-17(18)14-3-7-16(22)8-4-14/h1-10,17-18H,11-12H2,(H,23,24,26). The molecule has 1 fully saturated rings. The molecule has 1 aliphatic rings. The Morgan fingerprint density at radius 3 is 2.38 bits per heavy atom. The summed E-state index contributed by atoms with van der Waals surface area (Å²) in [4.78, 5) is 12.4. The fraction of sp³-hybridized carbons (Fsp3) is 0.200. The zero-order valence-corrected chi connectivity index (χ0v) is 15.4. The van der Waals surface area contributed by atoms with Gasteiger partial charge in [-0.25, -0.2) is 0 Å². The molecule has 4 rings (SSSR count). The molecule has 26 heavy (non-hydrogen) atoms. The Labute approximate surface area is 161 Å². The fourth-order valence-corrected chi connectivity index (χ4v) is 3.33. The van der Waals surface area contributed by atoms with Crippen molar-refractivity contribution in [2.24, 2.45) is 5.92 Å². The number of halogens is 2. The van der Waals surface area contributed by atoms with E-state index >= 15 is 0 Å². The predicted octanol–water partition coefficient (Wildman–Crippen LogP) is 4.98. The highest BCUT2D eigenvalue weighted by Gasteiger charge is 2.44. The van der Waals surface area contributed by atoms with Crippen LogP contribution in [0.2, 0.25) is 10.0 Å². The van der Waals surface area contributed by atoms with Crippen LogP contribution in [0.3, 0.4) is 0 Å². The Morgan fingerprint density at radius 2 is 1.69 bits per heavy atom. The third-order valence-corrected chi connectivity index (χ3v) is 5.08. The lowest BCUT2D eigenvalue weighted by Gasteiger charge is -2.04. The number of hydrogen-bond donors (Lipinski definition) is 1. The molecular weight excluding hydrogens is 369 g/mol. The second-order valence-corrected chi connectivity index (χ2v) is 7.39. The van der Waals surface area contributed by atoms with E-state index in [-0.39, 0.29) is 17.7 Å². The van der Waals surface area contributed by atoms with Crippen LogP contribution < -0.4 is 5.32 Å². The van der Waals surface area contributed by atoms with E-state index in [1.165, 1.54) is 0 Å². The first-order valence-electron chi connectivity index (χ1n) is 8.43. The summed E-state index contributed by atoms with van der Waals surface area (Å²) in [7, 11) is 0. The molecule has 1 saturated carbocycles. The number of benzene rings is 2. The van der Waals surface area contributed by atoms with Crippen molar-refractivity contribution in [1.29, 1.82) is 0 Å². The highest BCUT2D eigenvalue weighted by Crippen LogP contribution is 2.48. The summed E-state index contributed by atoms with van der Waals surface area (Å²) in [5.74, 6) is 0.855. The summed E-state index contributed by atoms with van der Waals surface area (Å²) in [6.45, 7) is 0.629. The van der Waals surface area contributed by atoms with Gasteiger partial charge in [-0.15, -0.1) is 0 Å². The first kappa shape index (κ1) is 17.1. The van der Waals surface area contributed by atoms with Crippen LogP contribution in [0.4, 0.5) is 5.82 Å². The van der Waals surface area contributed by atoms with Crippen molar-refractivity contribution in [3.63, 3.8) is 0 Å². The van der Waals surface area contributed by atoms with Crippen molar-refractivity contribution in [3.8, 4) is 0 Å². The van der Waals surface area contributed by atoms with Crippen LogP contribution in [0.25, 0.3) is 0 Å². The van der Waals surface area contributed by atoms with Crippen LogP contribution in [0.5, 0.6) is 0 Å². The molecule has 2 unspecified atom stereocenters. The lowest BCUT2D eigenvalue weighted by molar-refractivity contribution is -0.117. The van der Waals surface area contributed by atoms with E-state index in [4.69, 9.17) is 23.2 Å². The molecule has 0 bridgehead atoms. The van der Waals surface area contributed by atoms with E-state index in [9.17, 15) is 4.79 Å². The molecule has 1 heterocycles. The molecule has 1 amide bonds. The molecule has 0 saturated heterocycles. The normalized spacial score (nSPS) is 18.5. The van der Waals surface area contributed by atoms with E-state index in [2.05, 4.69) is 10.4 Å². The Morgan fingerprint density at radius 1 is 1.04 bits per heavy atom. The highest BCUT2D eigenvalue weighted by atomic mass is 35.5. The van der Waals surface area contributed by atoms with Crippen LogP contribution in [0, 0.1) is 5.92 Å². The topological polar surface area (TPSA) is 46.9 Å². The molecule has 0 spiro atoms. The van der Waals surface area contributed by atoms with Crippen LogP contribution in [0.15, 0.2) is 60.8 Å². The fourth-order valence-electron chi connectivity index (χ4n) is 3.08. The van der Waals surface area contributed by atoms with Gasteiger partial charge in [-0.05, 0) is 47.7 Å². The van der Waals surface area contributed by atoms with Crippen LogP contribution >= 0.6 is 23.2 Å². The molecule has 3 aromatic rings. The van der Waals surface area contributed by atoms with E-state index in [0.717, 1.165) is 17.5 Å². The second-order valence-electron chi connectivity index (χ2n) is 6.51. The smallest absolute Gasteiger partial charge is 0.229 e. The number of aromatic nitrogens is 2. The quantitative estimate of drug-likeness (QED) is 0.672. The van der Waals surface area contributed by atoms with Gasteiger partial charge < -0.3 is 5.32 Å². The molecule has 0 radical (unpaired) electrons. The van der Waals surface area contributed by atoms with Gasteiger partial charge in [0.1, 0.15) is 0 Å².